The van der Waals surface area contributed by atoms with Crippen LogP contribution in [-0.2, 0) is 0 Å². The van der Waals surface area contributed by atoms with Gasteiger partial charge in [-0.3, -0.25) is 5.10 Å². The lowest BCUT2D eigenvalue weighted by molar-refractivity contribution is 0.520. The van der Waals surface area contributed by atoms with Crippen molar-refractivity contribution in [2.45, 2.75) is 29.2 Å². The number of nitrogens with zero attached hydrogens (tertiary/aromatic N) is 5. The number of hydrogen-bond acceptors (Lipinski definition) is 6. The molecule has 152 valence electrons. The number of H-pyrrole nitrogens is 1. The highest BCUT2D eigenvalue weighted by Crippen LogP contribution is 2.34. The fraction of sp³-hybridized carbons (Fsp3) is 0.238. The first-order valence-corrected chi connectivity index (χ1v) is 10.5. The Kier molecular flexibility index (Phi) is 6.37. The molecule has 1 aliphatic heterocycles. The van der Waals surface area contributed by atoms with Crippen molar-refractivity contribution in [2.75, 3.05) is 13.1 Å². The Morgan fingerprint density at radius 2 is 1.97 bits per heavy atom. The summed E-state index contributed by atoms with van der Waals surface area (Å²) >= 11 is 1.35. The van der Waals surface area contributed by atoms with Gasteiger partial charge in [-0.2, -0.15) is 15.5 Å². The molecule has 0 amide bonds. The first-order chi connectivity index (χ1) is 14.7. The van der Waals surface area contributed by atoms with Gasteiger partial charge in [0, 0.05) is 28.4 Å². The van der Waals surface area contributed by atoms with Crippen molar-refractivity contribution in [3.05, 3.63) is 60.6 Å². The zero-order chi connectivity index (χ0) is 20.8. The second kappa shape index (κ2) is 9.52. The Morgan fingerprint density at radius 1 is 1.10 bits per heavy atom. The highest BCUT2D eigenvalue weighted by Gasteiger charge is 2.14. The predicted octanol–water partition coefficient (Wildman–Crippen LogP) is 4.04. The summed E-state index contributed by atoms with van der Waals surface area (Å²) in [6, 6.07) is 7.04. The third-order valence-electron chi connectivity index (χ3n) is 4.65. The Labute approximate surface area is 177 Å². The van der Waals surface area contributed by atoms with E-state index in [2.05, 4.69) is 31.7 Å². The van der Waals surface area contributed by atoms with Crippen molar-refractivity contribution in [1.82, 2.24) is 30.1 Å². The van der Waals surface area contributed by atoms with Gasteiger partial charge in [-0.05, 0) is 44.1 Å². The van der Waals surface area contributed by atoms with Gasteiger partial charge < -0.3 is 5.32 Å². The summed E-state index contributed by atoms with van der Waals surface area (Å²) in [5, 5.41) is 24.2. The van der Waals surface area contributed by atoms with E-state index in [9.17, 15) is 9.65 Å². The van der Waals surface area contributed by atoms with Gasteiger partial charge in [-0.25, -0.2) is 13.9 Å². The van der Waals surface area contributed by atoms with Crippen LogP contribution in [0.3, 0.4) is 0 Å². The molecule has 0 aromatic carbocycles. The summed E-state index contributed by atoms with van der Waals surface area (Å²) in [7, 11) is 0. The number of nitriles is 1. The molecule has 0 bridgehead atoms. The van der Waals surface area contributed by atoms with Gasteiger partial charge in [0.05, 0.1) is 29.7 Å². The van der Waals surface area contributed by atoms with Crippen LogP contribution in [0.25, 0.3) is 16.6 Å². The minimum Gasteiger partial charge on any atom is -0.317 e. The molecule has 0 saturated carbocycles. The van der Waals surface area contributed by atoms with E-state index in [1.165, 1.54) is 62.6 Å². The summed E-state index contributed by atoms with van der Waals surface area (Å²) < 4.78 is 14.7. The van der Waals surface area contributed by atoms with E-state index in [0.29, 0.717) is 16.1 Å². The molecule has 30 heavy (non-hydrogen) atoms. The average molecular weight is 422 g/mol. The molecule has 2 N–H and O–H groups in total. The van der Waals surface area contributed by atoms with Crippen LogP contribution in [0.2, 0.25) is 0 Å². The van der Waals surface area contributed by atoms with Gasteiger partial charge in [0.1, 0.15) is 16.9 Å². The van der Waals surface area contributed by atoms with Crippen LogP contribution in [0.15, 0.2) is 59.1 Å². The summed E-state index contributed by atoms with van der Waals surface area (Å²) in [6.45, 7) is 2.50. The molecule has 1 saturated heterocycles. The molecule has 0 atom stereocenters. The maximum absolute atomic E-state index is 13.1. The van der Waals surface area contributed by atoms with Crippen molar-refractivity contribution in [2.24, 2.45) is 0 Å². The third-order valence-corrected chi connectivity index (χ3v) is 5.63. The van der Waals surface area contributed by atoms with Gasteiger partial charge >= 0.3 is 0 Å². The van der Waals surface area contributed by atoms with E-state index >= 15 is 0 Å². The normalized spacial score (nSPS) is 13.5. The van der Waals surface area contributed by atoms with Gasteiger partial charge in [-0.1, -0.05) is 18.2 Å². The molecule has 1 aliphatic rings. The summed E-state index contributed by atoms with van der Waals surface area (Å²) in [4.78, 5) is 4.88. The van der Waals surface area contributed by atoms with Crippen molar-refractivity contribution < 1.29 is 4.39 Å². The number of hydrogen-bond donors (Lipinski definition) is 2. The van der Waals surface area contributed by atoms with Crippen LogP contribution in [-0.4, -0.2) is 37.9 Å². The molecular formula is C21H20FN7S. The number of nitrogens with one attached hydrogen (secondary N) is 2. The highest BCUT2D eigenvalue weighted by atomic mass is 32.2. The molecule has 4 aromatic rings. The minimum absolute atomic E-state index is 0.390. The third kappa shape index (κ3) is 4.67. The van der Waals surface area contributed by atoms with Crippen molar-refractivity contribution >= 4 is 17.3 Å². The summed E-state index contributed by atoms with van der Waals surface area (Å²) in [5.74, 6) is -0.390. The number of aromatic amines is 1. The molecule has 7 nitrogen and oxygen atoms in total. The topological polar surface area (TPSA) is 94.7 Å². The molecule has 0 aliphatic carbocycles. The van der Waals surface area contributed by atoms with Crippen molar-refractivity contribution in [1.29, 1.82) is 5.26 Å². The molecule has 5 rings (SSSR count). The van der Waals surface area contributed by atoms with E-state index in [1.54, 1.807) is 23.0 Å². The van der Waals surface area contributed by atoms with E-state index in [4.69, 9.17) is 0 Å². The fourth-order valence-corrected chi connectivity index (χ4v) is 4.10. The van der Waals surface area contributed by atoms with Crippen molar-refractivity contribution in [3.63, 3.8) is 0 Å². The van der Waals surface area contributed by atoms with Crippen LogP contribution in [0, 0.1) is 17.1 Å². The SMILES string of the molecule is C1CCNCC1.N#Cc1cnn2cc(-c3cn[nH]c3)cc(Sc3ccc(F)cn3)c12. The molecule has 0 spiro atoms. The number of rotatable bonds is 3. The van der Waals surface area contributed by atoms with Crippen LogP contribution >= 0.6 is 11.8 Å². The molecule has 0 unspecified atom stereocenters. The largest absolute Gasteiger partial charge is 0.317 e. The molecule has 5 heterocycles. The van der Waals surface area contributed by atoms with E-state index in [-0.39, 0.29) is 0 Å². The van der Waals surface area contributed by atoms with E-state index < -0.39 is 5.82 Å². The second-order valence-electron chi connectivity index (χ2n) is 6.77. The Morgan fingerprint density at radius 3 is 2.57 bits per heavy atom. The van der Waals surface area contributed by atoms with Gasteiger partial charge in [0.25, 0.3) is 0 Å². The Bertz CT molecular complexity index is 1130. The Hall–Kier alpha value is -3.22. The monoisotopic (exact) mass is 421 g/mol. The lowest BCUT2D eigenvalue weighted by Gasteiger charge is -2.08. The van der Waals surface area contributed by atoms with E-state index in [0.717, 1.165) is 16.0 Å². The number of piperidine rings is 1. The number of fused-ring (bicyclic) bond motifs is 1. The van der Waals surface area contributed by atoms with Gasteiger partial charge in [0.2, 0.25) is 0 Å². The molecule has 4 aromatic heterocycles. The molecule has 0 radical (unpaired) electrons. The maximum Gasteiger partial charge on any atom is 0.141 e. The minimum atomic E-state index is -0.390. The first-order valence-electron chi connectivity index (χ1n) is 9.65. The fourth-order valence-electron chi connectivity index (χ4n) is 3.15. The summed E-state index contributed by atoms with van der Waals surface area (Å²) in [6.07, 6.45) is 12.2. The zero-order valence-corrected chi connectivity index (χ0v) is 17.0. The van der Waals surface area contributed by atoms with Crippen LogP contribution in [0.5, 0.6) is 0 Å². The summed E-state index contributed by atoms with van der Waals surface area (Å²) in [5.41, 5.74) is 2.97. The van der Waals surface area contributed by atoms with E-state index in [1.807, 2.05) is 12.3 Å². The van der Waals surface area contributed by atoms with Gasteiger partial charge in [-0.15, -0.1) is 0 Å². The number of pyridine rings is 2. The zero-order valence-electron chi connectivity index (χ0n) is 16.2. The standard InChI is InChI=1S/C16H9FN6S.C5H11N/c17-13-1-2-15(19-8-13)24-14-3-10(12-5-20-21-6-12)9-23-16(14)11(4-18)7-22-23;1-2-4-6-5-3-1/h1-3,5-9H,(H,20,21);6H,1-5H2. The molecule has 1 fully saturated rings. The lowest BCUT2D eigenvalue weighted by Crippen LogP contribution is -2.21. The van der Waals surface area contributed by atoms with Gasteiger partial charge in [0.15, 0.2) is 0 Å². The quantitative estimate of drug-likeness (QED) is 0.518. The first kappa shape index (κ1) is 20.1. The smallest absolute Gasteiger partial charge is 0.141 e. The maximum atomic E-state index is 13.1. The molecule has 9 heteroatoms. The van der Waals surface area contributed by atoms with Crippen LogP contribution < -0.4 is 5.32 Å². The number of halogens is 1. The average Bonchev–Trinajstić information content (AvgIpc) is 3.47. The Balaban J connectivity index is 0.000000313. The second-order valence-corrected chi connectivity index (χ2v) is 7.83. The number of aromatic nitrogens is 5. The van der Waals surface area contributed by atoms with Crippen LogP contribution in [0.4, 0.5) is 4.39 Å². The van der Waals surface area contributed by atoms with Crippen LogP contribution in [0.1, 0.15) is 24.8 Å². The molecular weight excluding hydrogens is 401 g/mol. The van der Waals surface area contributed by atoms with Crippen molar-refractivity contribution in [3.8, 4) is 17.2 Å². The highest BCUT2D eigenvalue weighted by molar-refractivity contribution is 7.99. The lowest BCUT2D eigenvalue weighted by atomic mass is 10.1. The predicted molar refractivity (Wildman–Crippen MR) is 113 cm³/mol.